The number of rotatable bonds is 11. The Bertz CT molecular complexity index is 1490. The molecule has 1 amide bonds. The third-order valence-electron chi connectivity index (χ3n) is 8.63. The zero-order valence-corrected chi connectivity index (χ0v) is 26.7. The Hall–Kier alpha value is -3.16. The van der Waals surface area contributed by atoms with E-state index in [-0.39, 0.29) is 17.9 Å². The number of hydrogen-bond acceptors (Lipinski definition) is 9. The van der Waals surface area contributed by atoms with Crippen LogP contribution in [0.4, 0.5) is 5.82 Å². The molecule has 3 aromatic heterocycles. The van der Waals surface area contributed by atoms with Crippen LogP contribution in [0.25, 0.3) is 11.0 Å². The van der Waals surface area contributed by atoms with Crippen LogP contribution in [0.15, 0.2) is 30.7 Å². The number of fused-ring (bicyclic) bond motifs is 1. The maximum atomic E-state index is 13.5. The Morgan fingerprint density at radius 1 is 1.00 bits per heavy atom. The lowest BCUT2D eigenvalue weighted by Crippen LogP contribution is -2.52. The number of anilines is 1. The molecule has 4 heterocycles. The van der Waals surface area contributed by atoms with Gasteiger partial charge in [0.2, 0.25) is 15.9 Å². The van der Waals surface area contributed by atoms with Crippen LogP contribution in [0.2, 0.25) is 0 Å². The highest BCUT2D eigenvalue weighted by molar-refractivity contribution is 7.88. The van der Waals surface area contributed by atoms with Gasteiger partial charge in [0.25, 0.3) is 0 Å². The van der Waals surface area contributed by atoms with Crippen LogP contribution in [0.3, 0.4) is 0 Å². The van der Waals surface area contributed by atoms with Gasteiger partial charge >= 0.3 is 0 Å². The highest BCUT2D eigenvalue weighted by atomic mass is 32.2. The van der Waals surface area contributed by atoms with Crippen LogP contribution in [0.5, 0.6) is 0 Å². The molecule has 1 saturated heterocycles. The first kappa shape index (κ1) is 31.3. The monoisotopic (exact) mass is 611 g/mol. The smallest absolute Gasteiger partial charge is 0.225 e. The maximum absolute atomic E-state index is 13.5. The van der Waals surface area contributed by atoms with E-state index in [9.17, 15) is 13.2 Å². The predicted molar refractivity (Wildman–Crippen MR) is 167 cm³/mol. The number of carbonyl (C=O) groups excluding carboxylic acids is 1. The fourth-order valence-electron chi connectivity index (χ4n) is 6.34. The fraction of sp³-hybridized carbons (Fsp3) is 0.633. The van der Waals surface area contributed by atoms with Gasteiger partial charge in [0.15, 0.2) is 5.65 Å². The number of likely N-dealkylation sites (N-methyl/N-ethyl adjacent to an activating group) is 1. The molecule has 2 aliphatic rings. The number of sulfonamides is 1. The van der Waals surface area contributed by atoms with Gasteiger partial charge in [0.05, 0.1) is 30.1 Å². The molecule has 13 heteroatoms. The largest absolute Gasteiger partial charge is 0.352 e. The molecule has 0 spiro atoms. The van der Waals surface area contributed by atoms with Gasteiger partial charge in [0, 0.05) is 56.9 Å². The zero-order chi connectivity index (χ0) is 30.6. The number of piperazine rings is 1. The van der Waals surface area contributed by atoms with Crippen molar-refractivity contribution in [1.82, 2.24) is 38.8 Å². The van der Waals surface area contributed by atoms with Crippen molar-refractivity contribution in [3.05, 3.63) is 42.1 Å². The van der Waals surface area contributed by atoms with Crippen LogP contribution in [0, 0.1) is 5.92 Å². The summed E-state index contributed by atoms with van der Waals surface area (Å²) in [6.07, 6.45) is 9.60. The molecule has 234 valence electrons. The Morgan fingerprint density at radius 2 is 1.72 bits per heavy atom. The van der Waals surface area contributed by atoms with Crippen molar-refractivity contribution in [2.75, 3.05) is 64.5 Å². The lowest BCUT2D eigenvalue weighted by atomic mass is 9.85. The van der Waals surface area contributed by atoms with Crippen LogP contribution < -0.4 is 4.90 Å². The number of nitrogens with zero attached hydrogens (tertiary/aromatic N) is 9. The molecule has 1 aliphatic carbocycles. The summed E-state index contributed by atoms with van der Waals surface area (Å²) in [7, 11) is 0.595. The van der Waals surface area contributed by atoms with Gasteiger partial charge in [-0.1, -0.05) is 19.4 Å². The van der Waals surface area contributed by atoms with Gasteiger partial charge < -0.3 is 14.7 Å². The SMILES string of the molecule is CCCc1cccc(Cn2ncc3c(N4CCN(C(=O)C5CCC(N(CCN(C)C)S(C)(=O)=O)CC5)CC4)ncnc32)n1. The Balaban J connectivity index is 1.17. The summed E-state index contributed by atoms with van der Waals surface area (Å²) in [5.41, 5.74) is 2.81. The second-order valence-electron chi connectivity index (χ2n) is 12.1. The van der Waals surface area contributed by atoms with Crippen LogP contribution in [-0.4, -0.2) is 119 Å². The van der Waals surface area contributed by atoms with Gasteiger partial charge in [-0.05, 0) is 58.3 Å². The van der Waals surface area contributed by atoms with Crippen LogP contribution in [-0.2, 0) is 27.8 Å². The van der Waals surface area contributed by atoms with Gasteiger partial charge in [-0.3, -0.25) is 9.78 Å². The van der Waals surface area contributed by atoms with E-state index in [1.54, 1.807) is 10.6 Å². The molecule has 5 rings (SSSR count). The highest BCUT2D eigenvalue weighted by Crippen LogP contribution is 2.31. The van der Waals surface area contributed by atoms with Crippen molar-refractivity contribution in [2.24, 2.45) is 5.92 Å². The Labute approximate surface area is 255 Å². The molecule has 12 nitrogen and oxygen atoms in total. The molecule has 0 radical (unpaired) electrons. The van der Waals surface area contributed by atoms with E-state index in [4.69, 9.17) is 4.98 Å². The Morgan fingerprint density at radius 3 is 2.40 bits per heavy atom. The minimum absolute atomic E-state index is 0.0343. The zero-order valence-electron chi connectivity index (χ0n) is 25.9. The van der Waals surface area contributed by atoms with E-state index in [0.29, 0.717) is 45.8 Å². The first-order valence-corrected chi connectivity index (χ1v) is 17.3. The minimum atomic E-state index is -3.30. The molecule has 43 heavy (non-hydrogen) atoms. The molecule has 0 unspecified atom stereocenters. The van der Waals surface area contributed by atoms with Crippen molar-refractivity contribution in [2.45, 2.75) is 58.0 Å². The minimum Gasteiger partial charge on any atom is -0.352 e. The maximum Gasteiger partial charge on any atom is 0.225 e. The van der Waals surface area contributed by atoms with Crippen LogP contribution >= 0.6 is 0 Å². The summed E-state index contributed by atoms with van der Waals surface area (Å²) in [6, 6.07) is 6.09. The summed E-state index contributed by atoms with van der Waals surface area (Å²) in [6.45, 7) is 6.49. The van der Waals surface area contributed by atoms with Crippen LogP contribution in [0.1, 0.15) is 50.4 Å². The van der Waals surface area contributed by atoms with Crippen molar-refractivity contribution in [3.8, 4) is 0 Å². The van der Waals surface area contributed by atoms with E-state index in [1.165, 1.54) is 6.26 Å². The average Bonchev–Trinajstić information content (AvgIpc) is 3.39. The van der Waals surface area contributed by atoms with E-state index in [0.717, 1.165) is 66.8 Å². The van der Waals surface area contributed by atoms with Crippen molar-refractivity contribution >= 4 is 32.8 Å². The first-order valence-electron chi connectivity index (χ1n) is 15.4. The van der Waals surface area contributed by atoms with Gasteiger partial charge in [-0.15, -0.1) is 0 Å². The molecule has 3 aromatic rings. The van der Waals surface area contributed by atoms with E-state index in [1.807, 2.05) is 46.9 Å². The lowest BCUT2D eigenvalue weighted by Gasteiger charge is -2.39. The predicted octanol–water partition coefficient (Wildman–Crippen LogP) is 2.25. The third-order valence-corrected chi connectivity index (χ3v) is 9.97. The highest BCUT2D eigenvalue weighted by Gasteiger charge is 2.35. The number of carbonyl (C=O) groups is 1. The quantitative estimate of drug-likeness (QED) is 0.322. The standard InChI is InChI=1S/C30H45N9O3S/c1-5-7-24-8-6-9-25(34-24)21-38-29-27(20-33-38)28(31-22-32-29)36-15-17-37(18-16-36)30(40)23-10-12-26(13-11-23)39(43(4,41)42)19-14-35(2)3/h6,8-9,20,22-23,26H,5,7,10-19,21H2,1-4H3. The third kappa shape index (κ3) is 7.50. The number of pyridine rings is 1. The first-order chi connectivity index (χ1) is 20.6. The summed E-state index contributed by atoms with van der Waals surface area (Å²) in [4.78, 5) is 33.6. The summed E-state index contributed by atoms with van der Waals surface area (Å²) in [5.74, 6) is 0.984. The summed E-state index contributed by atoms with van der Waals surface area (Å²) < 4.78 is 28.4. The summed E-state index contributed by atoms with van der Waals surface area (Å²) >= 11 is 0. The molecule has 1 saturated carbocycles. The molecular formula is C30H45N9O3S. The number of aromatic nitrogens is 5. The lowest BCUT2D eigenvalue weighted by molar-refractivity contribution is -0.137. The second kappa shape index (κ2) is 13.6. The van der Waals surface area contributed by atoms with Gasteiger partial charge in [0.1, 0.15) is 12.1 Å². The van der Waals surface area contributed by atoms with E-state index >= 15 is 0 Å². The average molecular weight is 612 g/mol. The molecule has 0 aromatic carbocycles. The molecule has 0 atom stereocenters. The number of hydrogen-bond donors (Lipinski definition) is 0. The molecule has 1 aliphatic heterocycles. The van der Waals surface area contributed by atoms with E-state index < -0.39 is 10.0 Å². The fourth-order valence-corrected chi connectivity index (χ4v) is 7.51. The second-order valence-corrected chi connectivity index (χ2v) is 14.0. The molecule has 0 bridgehead atoms. The molecule has 0 N–H and O–H groups in total. The number of amides is 1. The van der Waals surface area contributed by atoms with Gasteiger partial charge in [-0.2, -0.15) is 9.40 Å². The normalized spacial score (nSPS) is 20.0. The number of aryl methyl sites for hydroxylation is 1. The molecular weight excluding hydrogens is 566 g/mol. The Kier molecular flexibility index (Phi) is 9.92. The van der Waals surface area contributed by atoms with E-state index in [2.05, 4.69) is 33.0 Å². The topological polar surface area (TPSA) is 121 Å². The molecule has 2 fully saturated rings. The summed E-state index contributed by atoms with van der Waals surface area (Å²) in [5, 5.41) is 5.52. The van der Waals surface area contributed by atoms with Crippen molar-refractivity contribution in [1.29, 1.82) is 0 Å². The van der Waals surface area contributed by atoms with Crippen molar-refractivity contribution in [3.63, 3.8) is 0 Å². The van der Waals surface area contributed by atoms with Gasteiger partial charge in [-0.25, -0.2) is 23.1 Å². The van der Waals surface area contributed by atoms with Crippen molar-refractivity contribution < 1.29 is 13.2 Å².